The van der Waals surface area contributed by atoms with Crippen LogP contribution in [0.1, 0.15) is 39.5 Å². The Labute approximate surface area is 137 Å². The van der Waals surface area contributed by atoms with E-state index in [-0.39, 0.29) is 5.54 Å². The fraction of sp³-hybridized carbons (Fsp3) is 0.895. The van der Waals surface area contributed by atoms with Crippen molar-refractivity contribution >= 4 is 0 Å². The van der Waals surface area contributed by atoms with Gasteiger partial charge in [0.25, 0.3) is 0 Å². The van der Waals surface area contributed by atoms with Crippen molar-refractivity contribution in [3.05, 3.63) is 12.2 Å². The number of nitrogens with zero attached hydrogens (tertiary/aromatic N) is 2. The second kappa shape index (κ2) is 6.62. The van der Waals surface area contributed by atoms with Crippen molar-refractivity contribution in [1.29, 1.82) is 0 Å². The van der Waals surface area contributed by atoms with E-state index in [2.05, 4.69) is 55.2 Å². The van der Waals surface area contributed by atoms with Crippen LogP contribution in [0.2, 0.25) is 0 Å². The first-order valence-electron chi connectivity index (χ1n) is 9.26. The van der Waals surface area contributed by atoms with E-state index < -0.39 is 0 Å². The van der Waals surface area contributed by atoms with Crippen LogP contribution < -0.4 is 5.32 Å². The van der Waals surface area contributed by atoms with Gasteiger partial charge in [-0.1, -0.05) is 12.2 Å². The van der Waals surface area contributed by atoms with E-state index in [1.54, 1.807) is 0 Å². The normalized spacial score (nSPS) is 33.2. The van der Waals surface area contributed by atoms with E-state index >= 15 is 0 Å². The third-order valence-electron chi connectivity index (χ3n) is 6.43. The highest BCUT2D eigenvalue weighted by atomic mass is 15.2. The minimum absolute atomic E-state index is 0.282. The molecule has 0 amide bonds. The summed E-state index contributed by atoms with van der Waals surface area (Å²) in [6.45, 7) is 9.65. The highest BCUT2D eigenvalue weighted by Crippen LogP contribution is 2.43. The topological polar surface area (TPSA) is 18.5 Å². The van der Waals surface area contributed by atoms with Gasteiger partial charge in [-0.05, 0) is 77.9 Å². The molecule has 0 aromatic heterocycles. The SMILES string of the molecule is CN(C)C1CCN(C(C)(C)CNC[C@H]2C[C@H]3C=C[C@H]2C3)CC1. The Kier molecular flexibility index (Phi) is 4.96. The second-order valence-corrected chi connectivity index (χ2v) is 8.67. The molecular formula is C19H35N3. The first-order chi connectivity index (χ1) is 10.5. The number of hydrogen-bond donors (Lipinski definition) is 1. The van der Waals surface area contributed by atoms with E-state index in [1.807, 2.05) is 0 Å². The Morgan fingerprint density at radius 1 is 1.14 bits per heavy atom. The standard InChI is InChI=1S/C19H35N3/c1-19(2,22-9-7-18(8-10-22)21(3)4)14-20-13-17-12-15-5-6-16(17)11-15/h5-6,15-18,20H,7-14H2,1-4H3/t15-,16-,17+/m0/s1. The van der Waals surface area contributed by atoms with Crippen molar-refractivity contribution in [2.45, 2.75) is 51.1 Å². The van der Waals surface area contributed by atoms with Gasteiger partial charge in [0, 0.05) is 31.2 Å². The van der Waals surface area contributed by atoms with E-state index in [1.165, 1.54) is 45.3 Å². The number of fused-ring (bicyclic) bond motifs is 2. The minimum Gasteiger partial charge on any atom is -0.315 e. The summed E-state index contributed by atoms with van der Waals surface area (Å²) in [4.78, 5) is 5.09. The molecule has 3 heteroatoms. The Morgan fingerprint density at radius 2 is 1.86 bits per heavy atom. The zero-order valence-electron chi connectivity index (χ0n) is 15.0. The molecule has 2 aliphatic carbocycles. The first-order valence-corrected chi connectivity index (χ1v) is 9.26. The maximum absolute atomic E-state index is 3.80. The average molecular weight is 306 g/mol. The van der Waals surface area contributed by atoms with Crippen molar-refractivity contribution in [2.24, 2.45) is 17.8 Å². The number of likely N-dealkylation sites (tertiary alicyclic amines) is 1. The maximum Gasteiger partial charge on any atom is 0.0277 e. The highest BCUT2D eigenvalue weighted by molar-refractivity contribution is 5.10. The number of hydrogen-bond acceptors (Lipinski definition) is 3. The van der Waals surface area contributed by atoms with Crippen LogP contribution in [-0.4, -0.2) is 61.7 Å². The highest BCUT2D eigenvalue weighted by Gasteiger charge is 2.36. The van der Waals surface area contributed by atoms with Gasteiger partial charge < -0.3 is 10.2 Å². The van der Waals surface area contributed by atoms with Gasteiger partial charge in [0.1, 0.15) is 0 Å². The minimum atomic E-state index is 0.282. The molecule has 1 heterocycles. The lowest BCUT2D eigenvalue weighted by Crippen LogP contribution is -2.55. The third-order valence-corrected chi connectivity index (χ3v) is 6.43. The molecule has 1 saturated carbocycles. The number of allylic oxidation sites excluding steroid dienone is 2. The van der Waals surface area contributed by atoms with E-state index in [0.29, 0.717) is 0 Å². The quantitative estimate of drug-likeness (QED) is 0.761. The van der Waals surface area contributed by atoms with Gasteiger partial charge in [-0.15, -0.1) is 0 Å². The Hall–Kier alpha value is -0.380. The molecule has 0 aromatic carbocycles. The molecule has 22 heavy (non-hydrogen) atoms. The zero-order chi connectivity index (χ0) is 15.7. The van der Waals surface area contributed by atoms with Gasteiger partial charge >= 0.3 is 0 Å². The molecule has 3 rings (SSSR count). The van der Waals surface area contributed by atoms with Crippen LogP contribution in [0, 0.1) is 17.8 Å². The van der Waals surface area contributed by atoms with Gasteiger partial charge in [-0.25, -0.2) is 0 Å². The van der Waals surface area contributed by atoms with E-state index in [9.17, 15) is 0 Å². The van der Waals surface area contributed by atoms with Gasteiger partial charge in [-0.3, -0.25) is 4.90 Å². The molecule has 1 N–H and O–H groups in total. The summed E-state index contributed by atoms with van der Waals surface area (Å²) in [6, 6.07) is 0.779. The molecule has 2 fully saturated rings. The molecule has 0 radical (unpaired) electrons. The lowest BCUT2D eigenvalue weighted by atomic mass is 9.92. The van der Waals surface area contributed by atoms with Crippen LogP contribution in [0.4, 0.5) is 0 Å². The van der Waals surface area contributed by atoms with Crippen molar-refractivity contribution in [3.63, 3.8) is 0 Å². The molecule has 3 nitrogen and oxygen atoms in total. The summed E-state index contributed by atoms with van der Waals surface area (Å²) >= 11 is 0. The first kappa shape index (κ1) is 16.5. The molecule has 3 aliphatic rings. The molecule has 0 spiro atoms. The Balaban J connectivity index is 1.40. The Bertz CT molecular complexity index is 393. The molecule has 1 saturated heterocycles. The van der Waals surface area contributed by atoms with E-state index in [4.69, 9.17) is 0 Å². The van der Waals surface area contributed by atoms with Crippen molar-refractivity contribution in [2.75, 3.05) is 40.3 Å². The molecule has 2 bridgehead atoms. The maximum atomic E-state index is 3.80. The van der Waals surface area contributed by atoms with Gasteiger partial charge in [0.2, 0.25) is 0 Å². The van der Waals surface area contributed by atoms with Crippen LogP contribution in [0.5, 0.6) is 0 Å². The summed E-state index contributed by atoms with van der Waals surface area (Å²) < 4.78 is 0. The van der Waals surface area contributed by atoms with Crippen LogP contribution >= 0.6 is 0 Å². The predicted molar refractivity (Wildman–Crippen MR) is 94.1 cm³/mol. The van der Waals surface area contributed by atoms with Crippen molar-refractivity contribution in [3.8, 4) is 0 Å². The van der Waals surface area contributed by atoms with E-state index in [0.717, 1.165) is 30.3 Å². The smallest absolute Gasteiger partial charge is 0.0277 e. The molecular weight excluding hydrogens is 270 g/mol. The van der Waals surface area contributed by atoms with Crippen LogP contribution in [0.15, 0.2) is 12.2 Å². The molecule has 3 atom stereocenters. The van der Waals surface area contributed by atoms with Crippen molar-refractivity contribution in [1.82, 2.24) is 15.1 Å². The molecule has 126 valence electrons. The summed E-state index contributed by atoms with van der Waals surface area (Å²) in [7, 11) is 4.44. The predicted octanol–water partition coefficient (Wildman–Crippen LogP) is 2.59. The number of piperidine rings is 1. The van der Waals surface area contributed by atoms with Gasteiger partial charge in [-0.2, -0.15) is 0 Å². The second-order valence-electron chi connectivity index (χ2n) is 8.67. The average Bonchev–Trinajstić information content (AvgIpc) is 3.10. The molecule has 0 unspecified atom stereocenters. The number of rotatable bonds is 6. The largest absolute Gasteiger partial charge is 0.315 e. The fourth-order valence-electron chi connectivity index (χ4n) is 4.79. The van der Waals surface area contributed by atoms with Gasteiger partial charge in [0.15, 0.2) is 0 Å². The third kappa shape index (κ3) is 3.58. The molecule has 0 aromatic rings. The fourth-order valence-corrected chi connectivity index (χ4v) is 4.79. The lowest BCUT2D eigenvalue weighted by Gasteiger charge is -2.44. The summed E-state index contributed by atoms with van der Waals surface area (Å²) in [5.74, 6) is 2.66. The summed E-state index contributed by atoms with van der Waals surface area (Å²) in [6.07, 6.45) is 10.4. The Morgan fingerprint density at radius 3 is 2.41 bits per heavy atom. The van der Waals surface area contributed by atoms with Crippen molar-refractivity contribution < 1.29 is 0 Å². The molecule has 1 aliphatic heterocycles. The lowest BCUT2D eigenvalue weighted by molar-refractivity contribution is 0.0611. The summed E-state index contributed by atoms with van der Waals surface area (Å²) in [5.41, 5.74) is 0.282. The summed E-state index contributed by atoms with van der Waals surface area (Å²) in [5, 5.41) is 3.80. The van der Waals surface area contributed by atoms with Crippen LogP contribution in [0.3, 0.4) is 0 Å². The number of nitrogens with one attached hydrogen (secondary N) is 1. The van der Waals surface area contributed by atoms with Crippen LogP contribution in [0.25, 0.3) is 0 Å². The monoisotopic (exact) mass is 305 g/mol. The zero-order valence-corrected chi connectivity index (χ0v) is 15.0. The van der Waals surface area contributed by atoms with Gasteiger partial charge in [0.05, 0.1) is 0 Å². The van der Waals surface area contributed by atoms with Crippen LogP contribution in [-0.2, 0) is 0 Å².